The highest BCUT2D eigenvalue weighted by atomic mass is 35.5. The normalized spacial score (nSPS) is 19.6. The van der Waals surface area contributed by atoms with Crippen molar-refractivity contribution in [3.63, 3.8) is 0 Å². The molecule has 6 heteroatoms. The molecule has 1 unspecified atom stereocenters. The lowest BCUT2D eigenvalue weighted by Crippen LogP contribution is -3.08. The van der Waals surface area contributed by atoms with Crippen LogP contribution in [0.5, 0.6) is 0 Å². The number of thiazole rings is 1. The summed E-state index contributed by atoms with van der Waals surface area (Å²) in [6.45, 7) is 3.76. The number of para-hydroxylation sites is 1. The zero-order valence-corrected chi connectivity index (χ0v) is 17.1. The third kappa shape index (κ3) is 3.13. The van der Waals surface area contributed by atoms with Crippen molar-refractivity contribution in [1.82, 2.24) is 4.98 Å². The van der Waals surface area contributed by atoms with Crippen LogP contribution >= 0.6 is 22.9 Å². The van der Waals surface area contributed by atoms with E-state index < -0.39 is 0 Å². The number of aromatic nitrogens is 1. The van der Waals surface area contributed by atoms with Crippen molar-refractivity contribution < 1.29 is 9.32 Å². The van der Waals surface area contributed by atoms with Crippen LogP contribution in [0.4, 0.5) is 0 Å². The average Bonchev–Trinajstić information content (AvgIpc) is 3.29. The minimum atomic E-state index is -0.306. The molecule has 28 heavy (non-hydrogen) atoms. The number of hydrogen-bond donors (Lipinski definition) is 1. The SMILES string of the molecule is Cc1cc2oc(=O)cc(C[NH+]3CCC[C@H]3c3nc4ccccc4s3)c2cc1Cl. The predicted molar refractivity (Wildman–Crippen MR) is 113 cm³/mol. The highest BCUT2D eigenvalue weighted by molar-refractivity contribution is 7.18. The summed E-state index contributed by atoms with van der Waals surface area (Å²) in [6, 6.07) is 14.1. The van der Waals surface area contributed by atoms with Gasteiger partial charge in [0.25, 0.3) is 0 Å². The lowest BCUT2D eigenvalue weighted by Gasteiger charge is -2.20. The summed E-state index contributed by atoms with van der Waals surface area (Å²) in [6.07, 6.45) is 2.28. The summed E-state index contributed by atoms with van der Waals surface area (Å²) in [5.74, 6) is 0. The Hall–Kier alpha value is -2.21. The van der Waals surface area contributed by atoms with Gasteiger partial charge in [-0.3, -0.25) is 0 Å². The quantitative estimate of drug-likeness (QED) is 0.512. The molecule has 142 valence electrons. The second-order valence-corrected chi connectivity index (χ2v) is 8.96. The molecular formula is C22H20ClN2O2S+. The minimum absolute atomic E-state index is 0.306. The zero-order valence-electron chi connectivity index (χ0n) is 15.5. The highest BCUT2D eigenvalue weighted by Gasteiger charge is 2.33. The van der Waals surface area contributed by atoms with E-state index in [1.54, 1.807) is 17.4 Å². The molecule has 0 amide bonds. The molecule has 4 aromatic rings. The monoisotopic (exact) mass is 411 g/mol. The molecule has 0 radical (unpaired) electrons. The standard InChI is InChI=1S/C22H19ClN2O2S/c1-13-9-19-15(11-16(13)23)14(10-21(26)27-19)12-25-8-4-6-18(25)22-24-17-5-2-3-7-20(17)28-22/h2-3,5,7,9-11,18H,4,6,8,12H2,1H3/p+1/t18-/m0/s1. The van der Waals surface area contributed by atoms with Gasteiger partial charge in [0, 0.05) is 34.9 Å². The molecule has 1 aliphatic heterocycles. The summed E-state index contributed by atoms with van der Waals surface area (Å²) in [5, 5.41) is 2.81. The van der Waals surface area contributed by atoms with E-state index in [2.05, 4.69) is 18.2 Å². The van der Waals surface area contributed by atoms with Crippen molar-refractivity contribution in [3.05, 3.63) is 74.0 Å². The molecule has 2 atom stereocenters. The van der Waals surface area contributed by atoms with E-state index >= 15 is 0 Å². The fourth-order valence-electron chi connectivity index (χ4n) is 4.20. The Balaban J connectivity index is 1.53. The van der Waals surface area contributed by atoms with Crippen LogP contribution in [0.25, 0.3) is 21.2 Å². The van der Waals surface area contributed by atoms with Crippen molar-refractivity contribution in [3.8, 4) is 0 Å². The van der Waals surface area contributed by atoms with Gasteiger partial charge in [0.2, 0.25) is 0 Å². The number of nitrogens with zero attached hydrogens (tertiary/aromatic N) is 1. The van der Waals surface area contributed by atoms with Crippen LogP contribution in [0.15, 0.2) is 51.7 Å². The van der Waals surface area contributed by atoms with E-state index in [1.165, 1.54) is 14.6 Å². The Morgan fingerprint density at radius 3 is 3.00 bits per heavy atom. The summed E-state index contributed by atoms with van der Waals surface area (Å²) in [4.78, 5) is 18.5. The Morgan fingerprint density at radius 1 is 1.29 bits per heavy atom. The second-order valence-electron chi connectivity index (χ2n) is 7.49. The molecule has 1 fully saturated rings. The Labute approximate surface area is 171 Å². The Bertz CT molecular complexity index is 1210. The Kier molecular flexibility index (Phi) is 4.46. The molecule has 2 aromatic carbocycles. The fourth-order valence-corrected chi connectivity index (χ4v) is 5.52. The van der Waals surface area contributed by atoms with Gasteiger partial charge in [0.15, 0.2) is 5.01 Å². The number of nitrogens with one attached hydrogen (secondary N) is 1. The first kappa shape index (κ1) is 17.9. The molecular weight excluding hydrogens is 392 g/mol. The maximum Gasteiger partial charge on any atom is 0.336 e. The van der Waals surface area contributed by atoms with Crippen LogP contribution in [-0.2, 0) is 6.54 Å². The Morgan fingerprint density at radius 2 is 2.14 bits per heavy atom. The highest BCUT2D eigenvalue weighted by Crippen LogP contribution is 2.30. The van der Waals surface area contributed by atoms with E-state index in [0.29, 0.717) is 16.6 Å². The topological polar surface area (TPSA) is 47.5 Å². The molecule has 0 bridgehead atoms. The van der Waals surface area contributed by atoms with E-state index in [0.717, 1.165) is 48.0 Å². The van der Waals surface area contributed by atoms with E-state index in [1.807, 2.05) is 25.1 Å². The predicted octanol–water partition coefficient (Wildman–Crippen LogP) is 4.28. The van der Waals surface area contributed by atoms with Crippen LogP contribution in [0, 0.1) is 6.92 Å². The van der Waals surface area contributed by atoms with E-state index in [9.17, 15) is 4.79 Å². The largest absolute Gasteiger partial charge is 0.423 e. The van der Waals surface area contributed by atoms with Crippen LogP contribution in [0.1, 0.15) is 35.0 Å². The molecule has 0 spiro atoms. The number of likely N-dealkylation sites (tertiary alicyclic amines) is 1. The number of aryl methyl sites for hydroxylation is 1. The van der Waals surface area contributed by atoms with Crippen LogP contribution in [-0.4, -0.2) is 11.5 Å². The first-order chi connectivity index (χ1) is 13.6. The maximum absolute atomic E-state index is 12.1. The van der Waals surface area contributed by atoms with Gasteiger partial charge in [-0.05, 0) is 36.8 Å². The lowest BCUT2D eigenvalue weighted by atomic mass is 10.1. The second kappa shape index (κ2) is 6.99. The molecule has 1 saturated heterocycles. The average molecular weight is 412 g/mol. The maximum atomic E-state index is 12.1. The van der Waals surface area contributed by atoms with Gasteiger partial charge in [0.05, 0.1) is 16.8 Å². The van der Waals surface area contributed by atoms with Crippen LogP contribution < -0.4 is 10.5 Å². The van der Waals surface area contributed by atoms with E-state index in [-0.39, 0.29) is 5.63 Å². The first-order valence-corrected chi connectivity index (χ1v) is 10.7. The van der Waals surface area contributed by atoms with Gasteiger partial charge in [-0.15, -0.1) is 11.3 Å². The molecule has 0 aliphatic carbocycles. The molecule has 5 rings (SSSR count). The number of quaternary nitrogens is 1. The van der Waals surface area contributed by atoms with Gasteiger partial charge in [-0.25, -0.2) is 9.78 Å². The summed E-state index contributed by atoms with van der Waals surface area (Å²) in [5.41, 5.74) is 3.28. The fraction of sp³-hybridized carbons (Fsp3) is 0.273. The smallest absolute Gasteiger partial charge is 0.336 e. The number of benzene rings is 2. The third-order valence-corrected chi connectivity index (χ3v) is 7.18. The molecule has 1 N–H and O–H groups in total. The number of rotatable bonds is 3. The van der Waals surface area contributed by atoms with Crippen molar-refractivity contribution in [2.45, 2.75) is 32.4 Å². The molecule has 4 nitrogen and oxygen atoms in total. The van der Waals surface area contributed by atoms with E-state index in [4.69, 9.17) is 21.0 Å². The summed E-state index contributed by atoms with van der Waals surface area (Å²) < 4.78 is 6.65. The molecule has 0 saturated carbocycles. The molecule has 1 aliphatic rings. The zero-order chi connectivity index (χ0) is 19.3. The molecule has 3 heterocycles. The van der Waals surface area contributed by atoms with Gasteiger partial charge >= 0.3 is 5.63 Å². The first-order valence-electron chi connectivity index (χ1n) is 9.51. The van der Waals surface area contributed by atoms with Gasteiger partial charge < -0.3 is 9.32 Å². The summed E-state index contributed by atoms with van der Waals surface area (Å²) >= 11 is 8.14. The number of fused-ring (bicyclic) bond motifs is 2. The van der Waals surface area contributed by atoms with Crippen LogP contribution in [0.3, 0.4) is 0 Å². The third-order valence-electron chi connectivity index (χ3n) is 5.62. The van der Waals surface area contributed by atoms with Crippen molar-refractivity contribution in [2.24, 2.45) is 0 Å². The van der Waals surface area contributed by atoms with Crippen molar-refractivity contribution in [2.75, 3.05) is 6.54 Å². The lowest BCUT2D eigenvalue weighted by molar-refractivity contribution is -0.931. The van der Waals surface area contributed by atoms with Gasteiger partial charge in [0.1, 0.15) is 18.2 Å². The van der Waals surface area contributed by atoms with Crippen molar-refractivity contribution >= 4 is 44.1 Å². The summed E-state index contributed by atoms with van der Waals surface area (Å²) in [7, 11) is 0. The van der Waals surface area contributed by atoms with Gasteiger partial charge in [-0.2, -0.15) is 0 Å². The molecule has 2 aromatic heterocycles. The minimum Gasteiger partial charge on any atom is -0.423 e. The van der Waals surface area contributed by atoms with Crippen LogP contribution in [0.2, 0.25) is 5.02 Å². The number of halogens is 1. The van der Waals surface area contributed by atoms with Gasteiger partial charge in [-0.1, -0.05) is 23.7 Å². The van der Waals surface area contributed by atoms with Crippen molar-refractivity contribution in [1.29, 1.82) is 0 Å². The number of hydrogen-bond acceptors (Lipinski definition) is 4.